The number of phosphoric ester groups is 1. The average molecular weight is 631 g/mol. The first-order chi connectivity index (χ1) is 20.9. The van der Waals surface area contributed by atoms with Crippen molar-refractivity contribution >= 4 is 13.7 Å². The lowest BCUT2D eigenvalue weighted by Crippen LogP contribution is -2.45. The van der Waals surface area contributed by atoms with Crippen LogP contribution in [0.2, 0.25) is 0 Å². The summed E-state index contributed by atoms with van der Waals surface area (Å²) in [5.74, 6) is -0.207. The lowest BCUT2D eigenvalue weighted by molar-refractivity contribution is -0.123. The molecule has 0 aliphatic rings. The molecular formula is C34H67N2O6P. The van der Waals surface area contributed by atoms with Gasteiger partial charge in [0, 0.05) is 13.0 Å². The van der Waals surface area contributed by atoms with Crippen LogP contribution >= 0.6 is 7.82 Å². The highest BCUT2D eigenvalue weighted by Gasteiger charge is 2.26. The minimum Gasteiger partial charge on any atom is -0.387 e. The molecule has 0 aromatic heterocycles. The number of unbranched alkanes of at least 4 members (excludes halogenated alkanes) is 18. The molecular weight excluding hydrogens is 563 g/mol. The SMILES string of the molecule is CCCCC/C=C\CCCCCCCC(=O)NC(COP(=O)(O)OCCN)C(O)/C=C/CCCCCCCCCCCC. The Labute approximate surface area is 264 Å². The van der Waals surface area contributed by atoms with Crippen molar-refractivity contribution < 1.29 is 28.4 Å². The summed E-state index contributed by atoms with van der Waals surface area (Å²) in [5.41, 5.74) is 5.34. The van der Waals surface area contributed by atoms with Crippen LogP contribution in [-0.2, 0) is 18.4 Å². The summed E-state index contributed by atoms with van der Waals surface area (Å²) in [5, 5.41) is 13.5. The normalized spacial score (nSPS) is 14.8. The van der Waals surface area contributed by atoms with E-state index < -0.39 is 20.0 Å². The van der Waals surface area contributed by atoms with Gasteiger partial charge in [-0.3, -0.25) is 13.8 Å². The van der Waals surface area contributed by atoms with Crippen molar-refractivity contribution in [1.29, 1.82) is 0 Å². The van der Waals surface area contributed by atoms with Gasteiger partial charge < -0.3 is 21.1 Å². The molecule has 0 saturated carbocycles. The van der Waals surface area contributed by atoms with E-state index >= 15 is 0 Å². The molecule has 0 aliphatic carbocycles. The highest BCUT2D eigenvalue weighted by molar-refractivity contribution is 7.47. The van der Waals surface area contributed by atoms with Crippen molar-refractivity contribution in [2.75, 3.05) is 19.8 Å². The summed E-state index contributed by atoms with van der Waals surface area (Å²) < 4.78 is 21.9. The number of hydrogen-bond donors (Lipinski definition) is 4. The Kier molecular flexibility index (Phi) is 30.2. The van der Waals surface area contributed by atoms with Gasteiger partial charge in [0.2, 0.25) is 5.91 Å². The maximum Gasteiger partial charge on any atom is 0.472 e. The Balaban J connectivity index is 4.40. The largest absolute Gasteiger partial charge is 0.472 e. The molecule has 0 rings (SSSR count). The minimum atomic E-state index is -4.33. The first-order valence-electron chi connectivity index (χ1n) is 17.5. The van der Waals surface area contributed by atoms with Crippen molar-refractivity contribution in [2.45, 2.75) is 167 Å². The third-order valence-corrected chi connectivity index (χ3v) is 8.51. The molecule has 0 heterocycles. The molecule has 0 bridgehead atoms. The third-order valence-electron chi connectivity index (χ3n) is 7.52. The molecule has 254 valence electrons. The van der Waals surface area contributed by atoms with E-state index in [4.69, 9.17) is 14.8 Å². The molecule has 0 radical (unpaired) electrons. The molecule has 0 fully saturated rings. The summed E-state index contributed by atoms with van der Waals surface area (Å²) >= 11 is 0. The van der Waals surface area contributed by atoms with Crippen molar-refractivity contribution in [3.63, 3.8) is 0 Å². The van der Waals surface area contributed by atoms with Crippen LogP contribution in [0, 0.1) is 0 Å². The zero-order chi connectivity index (χ0) is 31.9. The lowest BCUT2D eigenvalue weighted by atomic mass is 10.1. The summed E-state index contributed by atoms with van der Waals surface area (Å²) in [7, 11) is -4.33. The van der Waals surface area contributed by atoms with Gasteiger partial charge >= 0.3 is 7.82 Å². The lowest BCUT2D eigenvalue weighted by Gasteiger charge is -2.23. The van der Waals surface area contributed by atoms with Gasteiger partial charge in [-0.25, -0.2) is 4.57 Å². The number of nitrogens with two attached hydrogens (primary N) is 1. The van der Waals surface area contributed by atoms with Gasteiger partial charge in [-0.1, -0.05) is 128 Å². The number of carbonyl (C=O) groups excluding carboxylic acids is 1. The fourth-order valence-electron chi connectivity index (χ4n) is 4.83. The zero-order valence-electron chi connectivity index (χ0n) is 27.7. The van der Waals surface area contributed by atoms with Crippen LogP contribution in [0.3, 0.4) is 0 Å². The molecule has 9 heteroatoms. The van der Waals surface area contributed by atoms with Gasteiger partial charge in [-0.05, 0) is 44.9 Å². The van der Waals surface area contributed by atoms with E-state index in [1.165, 1.54) is 83.5 Å². The molecule has 5 N–H and O–H groups in total. The van der Waals surface area contributed by atoms with E-state index in [2.05, 4.69) is 31.3 Å². The van der Waals surface area contributed by atoms with Crippen LogP contribution in [0.25, 0.3) is 0 Å². The molecule has 3 unspecified atom stereocenters. The molecule has 3 atom stereocenters. The van der Waals surface area contributed by atoms with Gasteiger partial charge in [0.1, 0.15) is 0 Å². The van der Waals surface area contributed by atoms with E-state index in [-0.39, 0.29) is 25.7 Å². The van der Waals surface area contributed by atoms with Gasteiger partial charge in [-0.2, -0.15) is 0 Å². The molecule has 1 amide bonds. The van der Waals surface area contributed by atoms with Gasteiger partial charge in [0.25, 0.3) is 0 Å². The highest BCUT2D eigenvalue weighted by Crippen LogP contribution is 2.43. The average Bonchev–Trinajstić information content (AvgIpc) is 2.99. The van der Waals surface area contributed by atoms with E-state index in [9.17, 15) is 19.4 Å². The van der Waals surface area contributed by atoms with E-state index in [0.29, 0.717) is 6.42 Å². The second kappa shape index (κ2) is 31.0. The van der Waals surface area contributed by atoms with E-state index in [0.717, 1.165) is 51.4 Å². The van der Waals surface area contributed by atoms with Crippen LogP contribution in [0.5, 0.6) is 0 Å². The molecule has 0 aliphatic heterocycles. The van der Waals surface area contributed by atoms with Gasteiger partial charge in [-0.15, -0.1) is 0 Å². The van der Waals surface area contributed by atoms with Crippen molar-refractivity contribution in [1.82, 2.24) is 5.32 Å². The van der Waals surface area contributed by atoms with Gasteiger partial charge in [0.15, 0.2) is 0 Å². The van der Waals surface area contributed by atoms with E-state index in [1.54, 1.807) is 6.08 Å². The Hall–Kier alpha value is -1.02. The Morgan fingerprint density at radius 3 is 1.77 bits per heavy atom. The Morgan fingerprint density at radius 2 is 1.21 bits per heavy atom. The predicted octanol–water partition coefficient (Wildman–Crippen LogP) is 8.66. The molecule has 43 heavy (non-hydrogen) atoms. The molecule has 0 aromatic rings. The third kappa shape index (κ3) is 29.5. The second-order valence-electron chi connectivity index (χ2n) is 11.7. The fourth-order valence-corrected chi connectivity index (χ4v) is 5.59. The van der Waals surface area contributed by atoms with Crippen LogP contribution in [0.1, 0.15) is 155 Å². The smallest absolute Gasteiger partial charge is 0.387 e. The number of allylic oxidation sites excluding steroid dienone is 3. The minimum absolute atomic E-state index is 0.0775. The molecule has 8 nitrogen and oxygen atoms in total. The number of phosphoric acid groups is 1. The zero-order valence-corrected chi connectivity index (χ0v) is 28.6. The number of hydrogen-bond acceptors (Lipinski definition) is 6. The predicted molar refractivity (Wildman–Crippen MR) is 180 cm³/mol. The molecule has 0 spiro atoms. The van der Waals surface area contributed by atoms with Crippen LogP contribution < -0.4 is 11.1 Å². The number of nitrogens with one attached hydrogen (secondary N) is 1. The number of aliphatic hydroxyl groups excluding tert-OH is 1. The standard InChI is InChI=1S/C34H67N2O6P/c1-3-5-7-9-11-13-15-17-19-21-23-25-27-33(37)32(31-42-43(39,40)41-30-29-35)36-34(38)28-26-24-22-20-18-16-14-12-10-8-6-4-2/h12,14,25,27,32-33,37H,3-11,13,15-24,26,28-31,35H2,1-2H3,(H,36,38)(H,39,40)/b14-12-,27-25+. The summed E-state index contributed by atoms with van der Waals surface area (Å²) in [4.78, 5) is 22.5. The van der Waals surface area contributed by atoms with Crippen LogP contribution in [0.15, 0.2) is 24.3 Å². The number of amides is 1. The first kappa shape index (κ1) is 42.0. The van der Waals surface area contributed by atoms with Crippen molar-refractivity contribution in [3.05, 3.63) is 24.3 Å². The summed E-state index contributed by atoms with van der Waals surface area (Å²) in [6.07, 6.45) is 32.2. The Bertz CT molecular complexity index is 734. The van der Waals surface area contributed by atoms with Crippen LogP contribution in [0.4, 0.5) is 0 Å². The molecule has 0 saturated heterocycles. The summed E-state index contributed by atoms with van der Waals surface area (Å²) in [6, 6.07) is -0.859. The topological polar surface area (TPSA) is 131 Å². The first-order valence-corrected chi connectivity index (χ1v) is 19.0. The number of aliphatic hydroxyl groups is 1. The summed E-state index contributed by atoms with van der Waals surface area (Å²) in [6.45, 7) is 4.07. The van der Waals surface area contributed by atoms with E-state index in [1.807, 2.05) is 6.08 Å². The van der Waals surface area contributed by atoms with Gasteiger partial charge in [0.05, 0.1) is 25.4 Å². The quantitative estimate of drug-likeness (QED) is 0.0332. The van der Waals surface area contributed by atoms with Crippen molar-refractivity contribution in [2.24, 2.45) is 5.73 Å². The highest BCUT2D eigenvalue weighted by atomic mass is 31.2. The Morgan fingerprint density at radius 1 is 0.744 bits per heavy atom. The number of rotatable bonds is 32. The molecule has 0 aromatic carbocycles. The monoisotopic (exact) mass is 630 g/mol. The second-order valence-corrected chi connectivity index (χ2v) is 13.2. The maximum absolute atomic E-state index is 12.6. The fraction of sp³-hybridized carbons (Fsp3) is 0.853. The van der Waals surface area contributed by atoms with Crippen LogP contribution in [-0.4, -0.2) is 47.8 Å². The number of carbonyl (C=O) groups is 1. The van der Waals surface area contributed by atoms with Crippen molar-refractivity contribution in [3.8, 4) is 0 Å². The maximum atomic E-state index is 12.6.